The van der Waals surface area contributed by atoms with Gasteiger partial charge in [0.1, 0.15) is 0 Å². The van der Waals surface area contributed by atoms with E-state index in [4.69, 9.17) is 10.3 Å². The average molecular weight is 249 g/mol. The Morgan fingerprint density at radius 1 is 1.28 bits per heavy atom. The molecule has 1 heterocycles. The lowest BCUT2D eigenvalue weighted by molar-refractivity contribution is 0.265. The number of fused-ring (bicyclic) bond motifs is 2. The van der Waals surface area contributed by atoms with Crippen LogP contribution in [0.5, 0.6) is 0 Å². The molecule has 2 bridgehead atoms. The summed E-state index contributed by atoms with van der Waals surface area (Å²) in [6.07, 6.45) is 7.03. The molecular formula is C14H23N3O. The first-order chi connectivity index (χ1) is 8.66. The second kappa shape index (κ2) is 4.34. The van der Waals surface area contributed by atoms with E-state index < -0.39 is 5.54 Å². The smallest absolute Gasteiger partial charge is 0.246 e. The van der Waals surface area contributed by atoms with Gasteiger partial charge in [-0.15, -0.1) is 0 Å². The van der Waals surface area contributed by atoms with Crippen LogP contribution in [-0.2, 0) is 5.54 Å². The topological polar surface area (TPSA) is 64.9 Å². The van der Waals surface area contributed by atoms with E-state index >= 15 is 0 Å². The van der Waals surface area contributed by atoms with Gasteiger partial charge in [-0.25, -0.2) is 0 Å². The molecule has 1 aromatic heterocycles. The Morgan fingerprint density at radius 3 is 2.61 bits per heavy atom. The summed E-state index contributed by atoms with van der Waals surface area (Å²) in [6, 6.07) is 0. The molecule has 3 rings (SSSR count). The lowest BCUT2D eigenvalue weighted by atomic mass is 9.88. The molecule has 4 nitrogen and oxygen atoms in total. The molecule has 18 heavy (non-hydrogen) atoms. The molecule has 0 aliphatic heterocycles. The molecule has 4 heteroatoms. The molecule has 2 fully saturated rings. The molecule has 0 aromatic carbocycles. The number of hydrogen-bond donors (Lipinski definition) is 1. The van der Waals surface area contributed by atoms with Gasteiger partial charge in [0.15, 0.2) is 5.82 Å². The van der Waals surface area contributed by atoms with E-state index in [1.54, 1.807) is 0 Å². The average Bonchev–Trinajstić information content (AvgIpc) is 3.12. The maximum absolute atomic E-state index is 6.31. The Balaban J connectivity index is 1.81. The molecule has 1 aromatic rings. The zero-order valence-electron chi connectivity index (χ0n) is 11.4. The van der Waals surface area contributed by atoms with Crippen molar-refractivity contribution in [1.82, 2.24) is 10.1 Å². The standard InChI is InChI=1S/C14H23N3O/c1-3-14(15,4-2)13-16-12(17-18-13)11-8-9-5-6-10(11)7-9/h9-11H,3-8,15H2,1-2H3. The third-order valence-corrected chi connectivity index (χ3v) is 5.20. The van der Waals surface area contributed by atoms with Crippen molar-refractivity contribution in [1.29, 1.82) is 0 Å². The van der Waals surface area contributed by atoms with Crippen LogP contribution in [0.3, 0.4) is 0 Å². The van der Waals surface area contributed by atoms with Gasteiger partial charge >= 0.3 is 0 Å². The van der Waals surface area contributed by atoms with Crippen LogP contribution >= 0.6 is 0 Å². The van der Waals surface area contributed by atoms with Crippen LogP contribution in [0.25, 0.3) is 0 Å². The first-order valence-electron chi connectivity index (χ1n) is 7.29. The largest absolute Gasteiger partial charge is 0.337 e. The summed E-state index contributed by atoms with van der Waals surface area (Å²) in [5.41, 5.74) is 5.87. The zero-order valence-corrected chi connectivity index (χ0v) is 11.4. The molecule has 0 saturated heterocycles. The Hall–Kier alpha value is -0.900. The van der Waals surface area contributed by atoms with Gasteiger partial charge in [-0.1, -0.05) is 25.4 Å². The monoisotopic (exact) mass is 249 g/mol. The molecule has 3 atom stereocenters. The Morgan fingerprint density at radius 2 is 2.06 bits per heavy atom. The Labute approximate surface area is 108 Å². The fourth-order valence-corrected chi connectivity index (χ4v) is 3.70. The SMILES string of the molecule is CCC(N)(CC)c1nc(C2CC3CCC2C3)no1. The van der Waals surface area contributed by atoms with Crippen LogP contribution in [0.2, 0.25) is 0 Å². The highest BCUT2D eigenvalue weighted by Crippen LogP contribution is 2.52. The number of aromatic nitrogens is 2. The number of nitrogens with two attached hydrogens (primary N) is 1. The first-order valence-corrected chi connectivity index (χ1v) is 7.29. The van der Waals surface area contributed by atoms with Crippen molar-refractivity contribution in [2.24, 2.45) is 17.6 Å². The van der Waals surface area contributed by atoms with Gasteiger partial charge in [-0.05, 0) is 43.9 Å². The van der Waals surface area contributed by atoms with E-state index in [0.717, 1.165) is 30.5 Å². The predicted molar refractivity (Wildman–Crippen MR) is 68.9 cm³/mol. The van der Waals surface area contributed by atoms with E-state index in [2.05, 4.69) is 24.0 Å². The summed E-state index contributed by atoms with van der Waals surface area (Å²) in [4.78, 5) is 4.62. The van der Waals surface area contributed by atoms with Crippen molar-refractivity contribution >= 4 is 0 Å². The predicted octanol–water partition coefficient (Wildman–Crippen LogP) is 2.95. The fourth-order valence-electron chi connectivity index (χ4n) is 3.70. The molecule has 2 aliphatic carbocycles. The van der Waals surface area contributed by atoms with Crippen LogP contribution in [0, 0.1) is 11.8 Å². The first kappa shape index (κ1) is 12.2. The Bertz CT molecular complexity index is 424. The quantitative estimate of drug-likeness (QED) is 0.891. The van der Waals surface area contributed by atoms with E-state index in [1.165, 1.54) is 25.7 Å². The minimum Gasteiger partial charge on any atom is -0.337 e. The van der Waals surface area contributed by atoms with E-state index in [9.17, 15) is 0 Å². The van der Waals surface area contributed by atoms with Crippen LogP contribution in [0.1, 0.15) is 70.0 Å². The van der Waals surface area contributed by atoms with Gasteiger partial charge in [-0.2, -0.15) is 4.98 Å². The van der Waals surface area contributed by atoms with Crippen molar-refractivity contribution in [2.45, 2.75) is 63.8 Å². The Kier molecular flexibility index (Phi) is 2.93. The van der Waals surface area contributed by atoms with E-state index in [0.29, 0.717) is 11.8 Å². The van der Waals surface area contributed by atoms with Crippen molar-refractivity contribution in [3.8, 4) is 0 Å². The van der Waals surface area contributed by atoms with Crippen molar-refractivity contribution in [3.63, 3.8) is 0 Å². The van der Waals surface area contributed by atoms with Gasteiger partial charge in [0.25, 0.3) is 0 Å². The van der Waals surface area contributed by atoms with Crippen molar-refractivity contribution in [2.75, 3.05) is 0 Å². The highest BCUT2D eigenvalue weighted by molar-refractivity contribution is 5.09. The zero-order chi connectivity index (χ0) is 12.8. The summed E-state index contributed by atoms with van der Waals surface area (Å²) in [5.74, 6) is 3.76. The molecule has 2 aliphatic rings. The number of rotatable bonds is 4. The van der Waals surface area contributed by atoms with Gasteiger partial charge in [0.05, 0.1) is 5.54 Å². The maximum Gasteiger partial charge on any atom is 0.246 e. The molecule has 3 unspecified atom stereocenters. The maximum atomic E-state index is 6.31. The van der Waals surface area contributed by atoms with Gasteiger partial charge in [0, 0.05) is 5.92 Å². The highest BCUT2D eigenvalue weighted by Gasteiger charge is 2.43. The van der Waals surface area contributed by atoms with E-state index in [1.807, 2.05) is 0 Å². The number of nitrogens with zero attached hydrogens (tertiary/aromatic N) is 2. The molecule has 0 radical (unpaired) electrons. The van der Waals surface area contributed by atoms with Crippen LogP contribution in [-0.4, -0.2) is 10.1 Å². The summed E-state index contributed by atoms with van der Waals surface area (Å²) < 4.78 is 5.45. The normalized spacial score (nSPS) is 31.2. The third-order valence-electron chi connectivity index (χ3n) is 5.20. The molecule has 2 N–H and O–H groups in total. The summed E-state index contributed by atoms with van der Waals surface area (Å²) in [5, 5.41) is 4.21. The lowest BCUT2D eigenvalue weighted by Gasteiger charge is -2.21. The van der Waals surface area contributed by atoms with E-state index in [-0.39, 0.29) is 0 Å². The highest BCUT2D eigenvalue weighted by atomic mass is 16.5. The van der Waals surface area contributed by atoms with Crippen molar-refractivity contribution in [3.05, 3.63) is 11.7 Å². The second-order valence-electron chi connectivity index (χ2n) is 6.10. The second-order valence-corrected chi connectivity index (χ2v) is 6.10. The van der Waals surface area contributed by atoms with Crippen LogP contribution < -0.4 is 5.73 Å². The van der Waals surface area contributed by atoms with Crippen LogP contribution in [0.4, 0.5) is 0 Å². The third kappa shape index (κ3) is 1.78. The molecule has 0 spiro atoms. The minimum absolute atomic E-state index is 0.442. The molecule has 100 valence electrons. The molecule has 2 saturated carbocycles. The minimum atomic E-state index is -0.442. The number of hydrogen-bond acceptors (Lipinski definition) is 4. The van der Waals surface area contributed by atoms with Crippen molar-refractivity contribution < 1.29 is 4.52 Å². The molecular weight excluding hydrogens is 226 g/mol. The van der Waals surface area contributed by atoms with Gasteiger partial charge < -0.3 is 10.3 Å². The summed E-state index contributed by atoms with van der Waals surface area (Å²) >= 11 is 0. The molecule has 0 amide bonds. The lowest BCUT2D eigenvalue weighted by Crippen LogP contribution is -2.35. The van der Waals surface area contributed by atoms with Gasteiger partial charge in [0.2, 0.25) is 5.89 Å². The van der Waals surface area contributed by atoms with Gasteiger partial charge in [-0.3, -0.25) is 0 Å². The summed E-state index contributed by atoms with van der Waals surface area (Å²) in [6.45, 7) is 4.15. The summed E-state index contributed by atoms with van der Waals surface area (Å²) in [7, 11) is 0. The fraction of sp³-hybridized carbons (Fsp3) is 0.857. The van der Waals surface area contributed by atoms with Crippen LogP contribution in [0.15, 0.2) is 4.52 Å².